The molecule has 2 aromatic rings. The van der Waals surface area contributed by atoms with Gasteiger partial charge in [-0.25, -0.2) is 0 Å². The molecule has 4 heteroatoms. The molecule has 0 spiro atoms. The van der Waals surface area contributed by atoms with Crippen molar-refractivity contribution in [2.45, 2.75) is 12.5 Å². The Morgan fingerprint density at radius 1 is 1.21 bits per heavy atom. The summed E-state index contributed by atoms with van der Waals surface area (Å²) in [6, 6.07) is 12.8. The molecule has 0 saturated heterocycles. The van der Waals surface area contributed by atoms with Gasteiger partial charge in [0.1, 0.15) is 6.10 Å². The third kappa shape index (κ3) is 2.23. The topological polar surface area (TPSA) is 49.3 Å². The van der Waals surface area contributed by atoms with Crippen molar-refractivity contribution in [3.8, 4) is 0 Å². The van der Waals surface area contributed by atoms with E-state index in [9.17, 15) is 9.90 Å². The fraction of sp³-hybridized carbons (Fsp3) is 0.133. The lowest BCUT2D eigenvalue weighted by Gasteiger charge is -2.14. The number of anilines is 1. The largest absolute Gasteiger partial charge is 0.384 e. The van der Waals surface area contributed by atoms with Crippen LogP contribution in [0.25, 0.3) is 0 Å². The van der Waals surface area contributed by atoms with Crippen LogP contribution >= 0.6 is 11.6 Å². The Morgan fingerprint density at radius 3 is 2.68 bits per heavy atom. The molecule has 2 N–H and O–H groups in total. The third-order valence-corrected chi connectivity index (χ3v) is 3.58. The zero-order valence-corrected chi connectivity index (χ0v) is 10.8. The molecule has 1 heterocycles. The van der Waals surface area contributed by atoms with E-state index in [1.165, 1.54) is 0 Å². The lowest BCUT2D eigenvalue weighted by Crippen LogP contribution is -2.03. The maximum Gasteiger partial charge on any atom is 0.228 e. The van der Waals surface area contributed by atoms with Crippen molar-refractivity contribution in [2.24, 2.45) is 0 Å². The normalized spacial score (nSPS) is 14.9. The number of amides is 1. The van der Waals surface area contributed by atoms with Crippen LogP contribution in [-0.4, -0.2) is 11.0 Å². The number of hydrogen-bond donors (Lipinski definition) is 2. The Hall–Kier alpha value is -1.84. The van der Waals surface area contributed by atoms with E-state index in [1.807, 2.05) is 30.3 Å². The first-order valence-electron chi connectivity index (χ1n) is 6.00. The van der Waals surface area contributed by atoms with Crippen LogP contribution in [0.1, 0.15) is 22.8 Å². The molecule has 0 bridgehead atoms. The second-order valence-corrected chi connectivity index (χ2v) is 4.98. The molecular weight excluding hydrogens is 262 g/mol. The number of nitrogens with one attached hydrogen (secondary N) is 1. The molecule has 96 valence electrons. The van der Waals surface area contributed by atoms with Crippen LogP contribution in [-0.2, 0) is 11.2 Å². The number of aliphatic hydroxyl groups is 1. The van der Waals surface area contributed by atoms with Crippen LogP contribution in [0, 0.1) is 0 Å². The average Bonchev–Trinajstić information content (AvgIpc) is 2.77. The Morgan fingerprint density at radius 2 is 1.95 bits per heavy atom. The molecule has 19 heavy (non-hydrogen) atoms. The van der Waals surface area contributed by atoms with Gasteiger partial charge in [0.05, 0.1) is 6.42 Å². The molecule has 2 aromatic carbocycles. The van der Waals surface area contributed by atoms with Crippen molar-refractivity contribution >= 4 is 23.2 Å². The second kappa shape index (κ2) is 4.68. The van der Waals surface area contributed by atoms with Crippen molar-refractivity contribution in [2.75, 3.05) is 5.32 Å². The molecule has 0 radical (unpaired) electrons. The zero-order valence-electron chi connectivity index (χ0n) is 10.1. The highest BCUT2D eigenvalue weighted by molar-refractivity contribution is 6.32. The molecule has 0 aromatic heterocycles. The highest BCUT2D eigenvalue weighted by atomic mass is 35.5. The van der Waals surface area contributed by atoms with Gasteiger partial charge in [-0.05, 0) is 23.3 Å². The van der Waals surface area contributed by atoms with Gasteiger partial charge in [0.15, 0.2) is 0 Å². The Bertz CT molecular complexity index is 640. The first-order valence-corrected chi connectivity index (χ1v) is 6.38. The van der Waals surface area contributed by atoms with Gasteiger partial charge in [-0.15, -0.1) is 0 Å². The fourth-order valence-corrected chi connectivity index (χ4v) is 2.56. The van der Waals surface area contributed by atoms with E-state index in [1.54, 1.807) is 12.1 Å². The highest BCUT2D eigenvalue weighted by Gasteiger charge is 2.22. The first kappa shape index (κ1) is 12.2. The van der Waals surface area contributed by atoms with Gasteiger partial charge in [0, 0.05) is 16.3 Å². The highest BCUT2D eigenvalue weighted by Crippen LogP contribution is 2.35. The fourth-order valence-electron chi connectivity index (χ4n) is 2.29. The lowest BCUT2D eigenvalue weighted by atomic mass is 9.98. The van der Waals surface area contributed by atoms with Gasteiger partial charge < -0.3 is 10.4 Å². The molecule has 3 nitrogen and oxygen atoms in total. The predicted molar refractivity (Wildman–Crippen MR) is 74.3 cm³/mol. The van der Waals surface area contributed by atoms with Crippen LogP contribution < -0.4 is 5.32 Å². The minimum atomic E-state index is -0.783. The standard InChI is InChI=1S/C15H12ClNO2/c16-12-8-13-10(7-14(18)17-13)6-11(12)15(19)9-4-2-1-3-5-9/h1-6,8,15,19H,7H2,(H,17,18). The van der Waals surface area contributed by atoms with E-state index in [2.05, 4.69) is 5.32 Å². The van der Waals surface area contributed by atoms with Crippen LogP contribution in [0.15, 0.2) is 42.5 Å². The van der Waals surface area contributed by atoms with Crippen molar-refractivity contribution in [3.63, 3.8) is 0 Å². The maximum absolute atomic E-state index is 11.3. The van der Waals surface area contributed by atoms with Crippen LogP contribution in [0.2, 0.25) is 5.02 Å². The molecule has 1 amide bonds. The number of aliphatic hydroxyl groups excluding tert-OH is 1. The van der Waals surface area contributed by atoms with Crippen molar-refractivity contribution in [1.82, 2.24) is 0 Å². The van der Waals surface area contributed by atoms with E-state index in [4.69, 9.17) is 11.6 Å². The quantitative estimate of drug-likeness (QED) is 0.884. The summed E-state index contributed by atoms with van der Waals surface area (Å²) in [6.45, 7) is 0. The van der Waals surface area contributed by atoms with Crippen LogP contribution in [0.5, 0.6) is 0 Å². The minimum Gasteiger partial charge on any atom is -0.384 e. The molecule has 1 atom stereocenters. The van der Waals surface area contributed by atoms with E-state index >= 15 is 0 Å². The van der Waals surface area contributed by atoms with Gasteiger partial charge in [-0.2, -0.15) is 0 Å². The van der Waals surface area contributed by atoms with Crippen molar-refractivity contribution in [3.05, 3.63) is 64.2 Å². The summed E-state index contributed by atoms with van der Waals surface area (Å²) in [5, 5.41) is 13.6. The van der Waals surface area contributed by atoms with Crippen LogP contribution in [0.3, 0.4) is 0 Å². The van der Waals surface area contributed by atoms with E-state index < -0.39 is 6.10 Å². The molecule has 1 unspecified atom stereocenters. The Kier molecular flexibility index (Phi) is 3.01. The minimum absolute atomic E-state index is 0.0441. The average molecular weight is 274 g/mol. The van der Waals surface area contributed by atoms with Gasteiger partial charge in [-0.1, -0.05) is 41.9 Å². The molecular formula is C15H12ClNO2. The summed E-state index contributed by atoms with van der Waals surface area (Å²) < 4.78 is 0. The van der Waals surface area contributed by atoms with Crippen molar-refractivity contribution < 1.29 is 9.90 Å². The monoisotopic (exact) mass is 273 g/mol. The van der Waals surface area contributed by atoms with Gasteiger partial charge in [-0.3, -0.25) is 4.79 Å². The SMILES string of the molecule is O=C1Cc2cc(C(O)c3ccccc3)c(Cl)cc2N1. The number of hydrogen-bond acceptors (Lipinski definition) is 2. The van der Waals surface area contributed by atoms with Crippen molar-refractivity contribution in [1.29, 1.82) is 0 Å². The van der Waals surface area contributed by atoms with Gasteiger partial charge in [0.25, 0.3) is 0 Å². The molecule has 0 aliphatic carbocycles. The zero-order chi connectivity index (χ0) is 13.4. The number of rotatable bonds is 2. The molecule has 0 fully saturated rings. The first-order chi connectivity index (χ1) is 9.15. The summed E-state index contributed by atoms with van der Waals surface area (Å²) in [6.07, 6.45) is -0.448. The molecule has 1 aliphatic heterocycles. The predicted octanol–water partition coefficient (Wildman–Crippen LogP) is 2.92. The molecule has 1 aliphatic rings. The third-order valence-electron chi connectivity index (χ3n) is 3.26. The lowest BCUT2D eigenvalue weighted by molar-refractivity contribution is -0.115. The van der Waals surface area contributed by atoms with E-state index in [0.29, 0.717) is 17.0 Å². The molecule has 0 saturated carbocycles. The number of fused-ring (bicyclic) bond motifs is 1. The number of benzene rings is 2. The second-order valence-electron chi connectivity index (χ2n) is 4.57. The maximum atomic E-state index is 11.3. The van der Waals surface area contributed by atoms with Gasteiger partial charge >= 0.3 is 0 Å². The number of carbonyl (C=O) groups excluding carboxylic acids is 1. The van der Waals surface area contributed by atoms with Crippen LogP contribution in [0.4, 0.5) is 5.69 Å². The number of carbonyl (C=O) groups is 1. The molecule has 3 rings (SSSR count). The number of halogens is 1. The Balaban J connectivity index is 2.02. The summed E-state index contributed by atoms with van der Waals surface area (Å²) in [5.41, 5.74) is 3.02. The smallest absolute Gasteiger partial charge is 0.228 e. The summed E-state index contributed by atoms with van der Waals surface area (Å²) in [7, 11) is 0. The summed E-state index contributed by atoms with van der Waals surface area (Å²) in [5.74, 6) is -0.0441. The Labute approximate surface area is 115 Å². The van der Waals surface area contributed by atoms with Gasteiger partial charge in [0.2, 0.25) is 5.91 Å². The summed E-state index contributed by atoms with van der Waals surface area (Å²) in [4.78, 5) is 11.3. The summed E-state index contributed by atoms with van der Waals surface area (Å²) >= 11 is 6.19. The van der Waals surface area contributed by atoms with E-state index in [-0.39, 0.29) is 5.91 Å². The van der Waals surface area contributed by atoms with E-state index in [0.717, 1.165) is 16.8 Å².